The maximum atomic E-state index is 11.4. The summed E-state index contributed by atoms with van der Waals surface area (Å²) in [5.74, 6) is 0.317. The molecule has 2 N–H and O–H groups in total. The van der Waals surface area contributed by atoms with Gasteiger partial charge in [-0.3, -0.25) is 0 Å². The molecule has 0 spiro atoms. The van der Waals surface area contributed by atoms with Crippen LogP contribution < -0.4 is 10.5 Å². The van der Waals surface area contributed by atoms with Crippen LogP contribution in [0, 0.1) is 6.92 Å². The van der Waals surface area contributed by atoms with Crippen LogP contribution in [0.15, 0.2) is 16.6 Å². The average Bonchev–Trinajstić information content (AvgIpc) is 2.32. The number of rotatable bonds is 5. The fourth-order valence-corrected chi connectivity index (χ4v) is 2.32. The van der Waals surface area contributed by atoms with Crippen molar-refractivity contribution in [2.45, 2.75) is 26.4 Å². The van der Waals surface area contributed by atoms with Gasteiger partial charge in [-0.15, -0.1) is 0 Å². The van der Waals surface area contributed by atoms with E-state index in [4.69, 9.17) is 10.5 Å². The number of carbonyl (C=O) groups is 1. The van der Waals surface area contributed by atoms with Crippen LogP contribution in [0.4, 0.5) is 0 Å². The molecule has 5 heteroatoms. The molecule has 0 amide bonds. The van der Waals surface area contributed by atoms with Gasteiger partial charge in [0, 0.05) is 4.47 Å². The number of hydrogen-bond donors (Lipinski definition) is 1. The number of ether oxygens (including phenoxy) is 2. The second-order valence-electron chi connectivity index (χ2n) is 4.03. The van der Waals surface area contributed by atoms with Gasteiger partial charge in [-0.2, -0.15) is 0 Å². The van der Waals surface area contributed by atoms with Gasteiger partial charge in [0.2, 0.25) is 0 Å². The van der Waals surface area contributed by atoms with E-state index in [1.54, 1.807) is 6.92 Å². The molecular weight excluding hydrogens is 298 g/mol. The molecule has 1 aromatic rings. The Bertz CT molecular complexity index is 434. The van der Waals surface area contributed by atoms with Crippen molar-refractivity contribution >= 4 is 21.9 Å². The monoisotopic (exact) mass is 315 g/mol. The minimum atomic E-state index is -0.633. The number of benzene rings is 1. The summed E-state index contributed by atoms with van der Waals surface area (Å²) >= 11 is 3.44. The third kappa shape index (κ3) is 3.71. The van der Waals surface area contributed by atoms with Crippen molar-refractivity contribution in [2.24, 2.45) is 5.73 Å². The Hall–Kier alpha value is -1.07. The van der Waals surface area contributed by atoms with Crippen molar-refractivity contribution in [1.29, 1.82) is 0 Å². The van der Waals surface area contributed by atoms with Gasteiger partial charge in [0.25, 0.3) is 0 Å². The van der Waals surface area contributed by atoms with Gasteiger partial charge in [0.15, 0.2) is 6.10 Å². The number of hydrogen-bond acceptors (Lipinski definition) is 4. The zero-order chi connectivity index (χ0) is 13.7. The van der Waals surface area contributed by atoms with E-state index in [0.29, 0.717) is 18.7 Å². The summed E-state index contributed by atoms with van der Waals surface area (Å²) in [6.07, 6.45) is 0.0650. The summed E-state index contributed by atoms with van der Waals surface area (Å²) in [7, 11) is 1.34. The fraction of sp³-hybridized carbons (Fsp3) is 0.462. The maximum Gasteiger partial charge on any atom is 0.346 e. The lowest BCUT2D eigenvalue weighted by atomic mass is 10.1. The summed E-state index contributed by atoms with van der Waals surface area (Å²) in [6.45, 7) is 4.13. The molecule has 0 aromatic heterocycles. The van der Waals surface area contributed by atoms with Crippen LogP contribution in [0.25, 0.3) is 0 Å². The Labute approximate surface area is 116 Å². The Morgan fingerprint density at radius 2 is 2.17 bits per heavy atom. The highest BCUT2D eigenvalue weighted by Gasteiger charge is 2.18. The molecule has 0 aliphatic heterocycles. The van der Waals surface area contributed by atoms with Crippen LogP contribution in [0.2, 0.25) is 0 Å². The molecular formula is C13H18BrNO3. The number of methoxy groups -OCH3 is 1. The molecule has 1 atom stereocenters. The Morgan fingerprint density at radius 3 is 2.72 bits per heavy atom. The summed E-state index contributed by atoms with van der Waals surface area (Å²) < 4.78 is 11.3. The summed E-state index contributed by atoms with van der Waals surface area (Å²) in [5.41, 5.74) is 7.53. The van der Waals surface area contributed by atoms with Crippen LogP contribution in [-0.2, 0) is 16.0 Å². The third-order valence-corrected chi connectivity index (χ3v) is 3.02. The number of carbonyl (C=O) groups excluding carboxylic acids is 1. The Balaban J connectivity index is 3.02. The van der Waals surface area contributed by atoms with Crippen LogP contribution in [0.5, 0.6) is 5.75 Å². The van der Waals surface area contributed by atoms with E-state index in [1.807, 2.05) is 19.1 Å². The number of esters is 1. The molecule has 0 aliphatic carbocycles. The van der Waals surface area contributed by atoms with Gasteiger partial charge in [-0.25, -0.2) is 4.79 Å². The lowest BCUT2D eigenvalue weighted by molar-refractivity contribution is -0.147. The van der Waals surface area contributed by atoms with Crippen LogP contribution in [0.3, 0.4) is 0 Å². The molecule has 1 aromatic carbocycles. The van der Waals surface area contributed by atoms with E-state index in [1.165, 1.54) is 7.11 Å². The first-order valence-corrected chi connectivity index (χ1v) is 6.52. The molecule has 0 saturated heterocycles. The lowest BCUT2D eigenvalue weighted by Crippen LogP contribution is -2.26. The molecule has 0 fully saturated rings. The topological polar surface area (TPSA) is 61.5 Å². The highest BCUT2D eigenvalue weighted by Crippen LogP contribution is 2.29. The number of nitrogens with two attached hydrogens (primary N) is 1. The van der Waals surface area contributed by atoms with Crippen molar-refractivity contribution in [2.75, 3.05) is 13.7 Å². The molecule has 0 saturated carbocycles. The lowest BCUT2D eigenvalue weighted by Gasteiger charge is -2.18. The standard InChI is InChI=1S/C13H18BrNO3/c1-8-6-11(14)7-10(4-5-15)12(8)18-9(2)13(16)17-3/h6-7,9H,4-5,15H2,1-3H3. The molecule has 1 unspecified atom stereocenters. The quantitative estimate of drug-likeness (QED) is 0.846. The Kier molecular flexibility index (Phi) is 5.62. The first kappa shape index (κ1) is 15.0. The summed E-state index contributed by atoms with van der Waals surface area (Å²) in [4.78, 5) is 11.4. The largest absolute Gasteiger partial charge is 0.478 e. The normalized spacial score (nSPS) is 12.1. The smallest absolute Gasteiger partial charge is 0.346 e. The Morgan fingerprint density at radius 1 is 1.50 bits per heavy atom. The van der Waals surface area contributed by atoms with Gasteiger partial charge in [-0.05, 0) is 50.1 Å². The van der Waals surface area contributed by atoms with E-state index < -0.39 is 12.1 Å². The minimum absolute atomic E-state index is 0.393. The predicted molar refractivity (Wildman–Crippen MR) is 73.7 cm³/mol. The molecule has 0 aliphatic rings. The molecule has 0 heterocycles. The zero-order valence-electron chi connectivity index (χ0n) is 10.8. The third-order valence-electron chi connectivity index (χ3n) is 2.56. The van der Waals surface area contributed by atoms with Crippen molar-refractivity contribution < 1.29 is 14.3 Å². The van der Waals surface area contributed by atoms with Crippen molar-refractivity contribution in [3.8, 4) is 5.75 Å². The van der Waals surface area contributed by atoms with Crippen LogP contribution >= 0.6 is 15.9 Å². The number of halogens is 1. The highest BCUT2D eigenvalue weighted by atomic mass is 79.9. The number of aryl methyl sites for hydroxylation is 1. The second kappa shape index (κ2) is 6.75. The summed E-state index contributed by atoms with van der Waals surface area (Å²) in [6, 6.07) is 3.90. The van der Waals surface area contributed by atoms with E-state index in [9.17, 15) is 4.79 Å². The van der Waals surface area contributed by atoms with Crippen molar-refractivity contribution in [3.05, 3.63) is 27.7 Å². The van der Waals surface area contributed by atoms with Crippen molar-refractivity contribution in [1.82, 2.24) is 0 Å². The molecule has 4 nitrogen and oxygen atoms in total. The average molecular weight is 316 g/mol. The zero-order valence-corrected chi connectivity index (χ0v) is 12.4. The molecule has 18 heavy (non-hydrogen) atoms. The van der Waals surface area contributed by atoms with Gasteiger partial charge in [-0.1, -0.05) is 15.9 Å². The first-order valence-electron chi connectivity index (χ1n) is 5.73. The predicted octanol–water partition coefficient (Wildman–Crippen LogP) is 2.20. The fourth-order valence-electron chi connectivity index (χ4n) is 1.70. The van der Waals surface area contributed by atoms with Gasteiger partial charge in [0.1, 0.15) is 5.75 Å². The SMILES string of the molecule is COC(=O)C(C)Oc1c(C)cc(Br)cc1CCN. The molecule has 0 bridgehead atoms. The highest BCUT2D eigenvalue weighted by molar-refractivity contribution is 9.10. The van der Waals surface area contributed by atoms with Crippen molar-refractivity contribution in [3.63, 3.8) is 0 Å². The minimum Gasteiger partial charge on any atom is -0.478 e. The molecule has 0 radical (unpaired) electrons. The van der Waals surface area contributed by atoms with Crippen LogP contribution in [0.1, 0.15) is 18.1 Å². The van der Waals surface area contributed by atoms with E-state index in [-0.39, 0.29) is 0 Å². The summed E-state index contributed by atoms with van der Waals surface area (Å²) in [5, 5.41) is 0. The first-order chi connectivity index (χ1) is 8.49. The second-order valence-corrected chi connectivity index (χ2v) is 4.95. The van der Waals surface area contributed by atoms with E-state index in [0.717, 1.165) is 15.6 Å². The molecule has 1 rings (SSSR count). The van der Waals surface area contributed by atoms with Crippen LogP contribution in [-0.4, -0.2) is 25.7 Å². The van der Waals surface area contributed by atoms with Gasteiger partial charge < -0.3 is 15.2 Å². The van der Waals surface area contributed by atoms with E-state index >= 15 is 0 Å². The van der Waals surface area contributed by atoms with Gasteiger partial charge >= 0.3 is 5.97 Å². The maximum absolute atomic E-state index is 11.4. The van der Waals surface area contributed by atoms with E-state index in [2.05, 4.69) is 20.7 Å². The van der Waals surface area contributed by atoms with Gasteiger partial charge in [0.05, 0.1) is 7.11 Å². The molecule has 100 valence electrons.